The summed E-state index contributed by atoms with van der Waals surface area (Å²) < 4.78 is 0. The number of carbonyl (C=O) groups is 1. The van der Waals surface area contributed by atoms with Crippen LogP contribution in [-0.2, 0) is 4.79 Å². The van der Waals surface area contributed by atoms with E-state index in [0.717, 1.165) is 16.7 Å². The summed E-state index contributed by atoms with van der Waals surface area (Å²) >= 11 is 5.47. The van der Waals surface area contributed by atoms with E-state index in [4.69, 9.17) is 23.1 Å². The number of benzene rings is 2. The van der Waals surface area contributed by atoms with Gasteiger partial charge in [0.05, 0.1) is 4.86 Å². The van der Waals surface area contributed by atoms with Gasteiger partial charge in [-0.2, -0.15) is 0 Å². The molecule has 0 saturated carbocycles. The van der Waals surface area contributed by atoms with E-state index in [1.807, 2.05) is 37.3 Å². The smallest absolute Gasteiger partial charge is 0.325 e. The first-order chi connectivity index (χ1) is 9.49. The fourth-order valence-electron chi connectivity index (χ4n) is 1.97. The molecule has 0 aliphatic heterocycles. The van der Waals surface area contributed by atoms with Gasteiger partial charge in [-0.25, -0.2) is 0 Å². The summed E-state index contributed by atoms with van der Waals surface area (Å²) in [5, 5.41) is 8.96. The Morgan fingerprint density at radius 3 is 2.35 bits per heavy atom. The minimum atomic E-state index is -1.05. The number of hydrogen-bond acceptors (Lipinski definition) is 3. The van der Waals surface area contributed by atoms with Crippen LogP contribution in [0.2, 0.25) is 0 Å². The Labute approximate surface area is 123 Å². The van der Waals surface area contributed by atoms with Gasteiger partial charge in [0.25, 0.3) is 0 Å². The van der Waals surface area contributed by atoms with Crippen molar-refractivity contribution in [2.45, 2.75) is 13.0 Å². The van der Waals surface area contributed by atoms with E-state index < -0.39 is 12.0 Å². The van der Waals surface area contributed by atoms with Gasteiger partial charge >= 0.3 is 5.97 Å². The highest BCUT2D eigenvalue weighted by atomic mass is 32.1. The molecule has 1 atom stereocenters. The predicted molar refractivity (Wildman–Crippen MR) is 83.0 cm³/mol. The largest absolute Gasteiger partial charge is 0.480 e. The standard InChI is InChI=1S/C16H15NO2S/c1-10-4-2-6-12(8-10)15(20)13-7-3-5-11(9-13)14(17)16(18)19/h2-9,14H,17H2,1H3,(H,18,19). The summed E-state index contributed by atoms with van der Waals surface area (Å²) in [7, 11) is 0. The second kappa shape index (κ2) is 5.94. The highest BCUT2D eigenvalue weighted by Crippen LogP contribution is 2.17. The molecule has 0 heterocycles. The van der Waals surface area contributed by atoms with Crippen LogP contribution in [0.1, 0.15) is 28.3 Å². The molecule has 0 bridgehead atoms. The second-order valence-corrected chi connectivity index (χ2v) is 5.05. The summed E-state index contributed by atoms with van der Waals surface area (Å²) in [6.07, 6.45) is 0. The molecule has 2 aromatic carbocycles. The Morgan fingerprint density at radius 2 is 1.75 bits per heavy atom. The molecule has 1 unspecified atom stereocenters. The van der Waals surface area contributed by atoms with E-state index in [1.54, 1.807) is 18.2 Å². The Morgan fingerprint density at radius 1 is 1.15 bits per heavy atom. The number of aliphatic carboxylic acids is 1. The molecule has 2 aromatic rings. The Balaban J connectivity index is 2.36. The first-order valence-corrected chi connectivity index (χ1v) is 6.59. The Bertz CT molecular complexity index is 667. The molecule has 0 aromatic heterocycles. The van der Waals surface area contributed by atoms with Gasteiger partial charge in [-0.05, 0) is 29.7 Å². The average Bonchev–Trinajstić information content (AvgIpc) is 2.45. The molecule has 0 fully saturated rings. The molecular weight excluding hydrogens is 270 g/mol. The van der Waals surface area contributed by atoms with Gasteiger partial charge in [0.1, 0.15) is 6.04 Å². The first-order valence-electron chi connectivity index (χ1n) is 6.19. The zero-order chi connectivity index (χ0) is 14.7. The van der Waals surface area contributed by atoms with Crippen molar-refractivity contribution in [1.29, 1.82) is 0 Å². The number of carboxylic acid groups (broad SMARTS) is 1. The van der Waals surface area contributed by atoms with Crippen LogP contribution >= 0.6 is 12.2 Å². The number of thiocarbonyl (C=S) groups is 1. The molecule has 0 aliphatic rings. The monoisotopic (exact) mass is 285 g/mol. The zero-order valence-corrected chi connectivity index (χ0v) is 11.9. The highest BCUT2D eigenvalue weighted by Gasteiger charge is 2.15. The van der Waals surface area contributed by atoms with Crippen molar-refractivity contribution in [1.82, 2.24) is 0 Å². The van der Waals surface area contributed by atoms with Gasteiger partial charge in [-0.15, -0.1) is 0 Å². The average molecular weight is 285 g/mol. The molecule has 3 N–H and O–H groups in total. The Kier molecular flexibility index (Phi) is 4.27. The van der Waals surface area contributed by atoms with Crippen molar-refractivity contribution in [3.05, 3.63) is 70.8 Å². The lowest BCUT2D eigenvalue weighted by Crippen LogP contribution is -2.20. The SMILES string of the molecule is Cc1cccc(C(=S)c2cccc(C(N)C(=O)O)c2)c1. The third-order valence-electron chi connectivity index (χ3n) is 3.05. The van der Waals surface area contributed by atoms with Crippen molar-refractivity contribution < 1.29 is 9.90 Å². The summed E-state index contributed by atoms with van der Waals surface area (Å²) in [4.78, 5) is 11.6. The van der Waals surface area contributed by atoms with Crippen LogP contribution < -0.4 is 5.73 Å². The van der Waals surface area contributed by atoms with Crippen LogP contribution in [0.3, 0.4) is 0 Å². The minimum Gasteiger partial charge on any atom is -0.480 e. The van der Waals surface area contributed by atoms with Crippen LogP contribution in [0.5, 0.6) is 0 Å². The summed E-state index contributed by atoms with van der Waals surface area (Å²) in [6.45, 7) is 2.00. The molecule has 4 heteroatoms. The van der Waals surface area contributed by atoms with Gasteiger partial charge in [0.15, 0.2) is 0 Å². The van der Waals surface area contributed by atoms with Crippen molar-refractivity contribution in [2.75, 3.05) is 0 Å². The van der Waals surface area contributed by atoms with Crippen molar-refractivity contribution in [2.24, 2.45) is 5.73 Å². The van der Waals surface area contributed by atoms with Crippen molar-refractivity contribution >= 4 is 23.1 Å². The quantitative estimate of drug-likeness (QED) is 0.670. The van der Waals surface area contributed by atoms with Crippen LogP contribution in [0.25, 0.3) is 0 Å². The fraction of sp³-hybridized carbons (Fsp3) is 0.125. The van der Waals surface area contributed by atoms with Gasteiger partial charge in [-0.3, -0.25) is 4.79 Å². The topological polar surface area (TPSA) is 63.3 Å². The maximum Gasteiger partial charge on any atom is 0.325 e. The van der Waals surface area contributed by atoms with Gasteiger partial charge in [0.2, 0.25) is 0 Å². The van der Waals surface area contributed by atoms with Crippen LogP contribution in [0, 0.1) is 6.92 Å². The molecule has 20 heavy (non-hydrogen) atoms. The normalized spacial score (nSPS) is 11.9. The Hall–Kier alpha value is -2.04. The molecule has 102 valence electrons. The van der Waals surface area contributed by atoms with E-state index >= 15 is 0 Å². The van der Waals surface area contributed by atoms with Crippen LogP contribution in [-0.4, -0.2) is 15.9 Å². The third kappa shape index (κ3) is 3.10. The maximum absolute atomic E-state index is 10.9. The molecule has 0 radical (unpaired) electrons. The summed E-state index contributed by atoms with van der Waals surface area (Å²) in [5.74, 6) is -1.05. The lowest BCUT2D eigenvalue weighted by Gasteiger charge is -2.10. The number of hydrogen-bond donors (Lipinski definition) is 2. The minimum absolute atomic E-state index is 0.546. The summed E-state index contributed by atoms with van der Waals surface area (Å²) in [5.41, 5.74) is 9.05. The number of nitrogens with two attached hydrogens (primary N) is 1. The van der Waals surface area contributed by atoms with Gasteiger partial charge in [0, 0.05) is 0 Å². The molecule has 0 saturated heterocycles. The van der Waals surface area contributed by atoms with E-state index in [0.29, 0.717) is 10.4 Å². The molecule has 0 spiro atoms. The number of rotatable bonds is 4. The molecular formula is C16H15NO2S. The van der Waals surface area contributed by atoms with Crippen LogP contribution in [0.15, 0.2) is 48.5 Å². The zero-order valence-electron chi connectivity index (χ0n) is 11.0. The van der Waals surface area contributed by atoms with Crippen LogP contribution in [0.4, 0.5) is 0 Å². The molecule has 3 nitrogen and oxygen atoms in total. The van der Waals surface area contributed by atoms with E-state index in [2.05, 4.69) is 0 Å². The molecule has 0 aliphatic carbocycles. The third-order valence-corrected chi connectivity index (χ3v) is 3.53. The number of aryl methyl sites for hydroxylation is 1. The number of carboxylic acids is 1. The van der Waals surface area contributed by atoms with Crippen molar-refractivity contribution in [3.63, 3.8) is 0 Å². The second-order valence-electron chi connectivity index (χ2n) is 4.64. The molecule has 0 amide bonds. The summed E-state index contributed by atoms with van der Waals surface area (Å²) in [6, 6.07) is 13.9. The predicted octanol–water partition coefficient (Wildman–Crippen LogP) is 2.85. The lowest BCUT2D eigenvalue weighted by atomic mass is 9.99. The maximum atomic E-state index is 10.9. The molecule has 2 rings (SSSR count). The fourth-order valence-corrected chi connectivity index (χ4v) is 2.22. The van der Waals surface area contributed by atoms with Gasteiger partial charge in [-0.1, -0.05) is 60.2 Å². The first kappa shape index (κ1) is 14.4. The van der Waals surface area contributed by atoms with E-state index in [1.165, 1.54) is 0 Å². The lowest BCUT2D eigenvalue weighted by molar-refractivity contribution is -0.138. The highest BCUT2D eigenvalue weighted by molar-refractivity contribution is 7.81. The van der Waals surface area contributed by atoms with Crippen molar-refractivity contribution in [3.8, 4) is 0 Å². The van der Waals surface area contributed by atoms with E-state index in [9.17, 15) is 4.79 Å². The van der Waals surface area contributed by atoms with E-state index in [-0.39, 0.29) is 0 Å². The van der Waals surface area contributed by atoms with Gasteiger partial charge < -0.3 is 10.8 Å².